The Labute approximate surface area is 138 Å². The van der Waals surface area contributed by atoms with Crippen LogP contribution in [-0.4, -0.2) is 49.8 Å². The van der Waals surface area contributed by atoms with Crippen LogP contribution in [0.4, 0.5) is 4.79 Å². The first-order chi connectivity index (χ1) is 11.3. The normalized spacial score (nSPS) is 22.9. The lowest BCUT2D eigenvalue weighted by molar-refractivity contribution is 0.110. The van der Waals surface area contributed by atoms with E-state index in [1.807, 2.05) is 30.3 Å². The number of nitrogens with one attached hydrogen (secondary N) is 2. The Morgan fingerprint density at radius 3 is 2.61 bits per heavy atom. The fraction of sp³-hybridized carbons (Fsp3) is 0.611. The number of urea groups is 1. The molecule has 2 fully saturated rings. The molecule has 5 nitrogen and oxygen atoms in total. The van der Waals surface area contributed by atoms with E-state index in [0.29, 0.717) is 18.5 Å². The first-order valence-electron chi connectivity index (χ1n) is 8.68. The van der Waals surface area contributed by atoms with Gasteiger partial charge in [0, 0.05) is 25.7 Å². The quantitative estimate of drug-likeness (QED) is 0.873. The number of ether oxygens (including phenoxy) is 1. The maximum atomic E-state index is 11.9. The summed E-state index contributed by atoms with van der Waals surface area (Å²) in [6.07, 6.45) is 3.50. The van der Waals surface area contributed by atoms with Crippen LogP contribution < -0.4 is 10.6 Å². The van der Waals surface area contributed by atoms with Gasteiger partial charge in [0.15, 0.2) is 0 Å². The van der Waals surface area contributed by atoms with E-state index >= 15 is 0 Å². The molecule has 2 heterocycles. The Kier molecular flexibility index (Phi) is 5.88. The molecule has 0 radical (unpaired) electrons. The van der Waals surface area contributed by atoms with Crippen LogP contribution in [0.2, 0.25) is 0 Å². The molecule has 1 aromatic rings. The van der Waals surface area contributed by atoms with Crippen molar-refractivity contribution < 1.29 is 9.53 Å². The summed E-state index contributed by atoms with van der Waals surface area (Å²) < 4.78 is 5.47. The van der Waals surface area contributed by atoms with Crippen LogP contribution in [0, 0.1) is 5.92 Å². The van der Waals surface area contributed by atoms with Crippen LogP contribution in [0.15, 0.2) is 30.3 Å². The number of carbonyl (C=O) groups is 1. The third-order valence-electron chi connectivity index (χ3n) is 4.92. The van der Waals surface area contributed by atoms with Crippen LogP contribution in [0.5, 0.6) is 0 Å². The van der Waals surface area contributed by atoms with Crippen molar-refractivity contribution in [1.29, 1.82) is 0 Å². The Bertz CT molecular complexity index is 480. The molecular weight excluding hydrogens is 290 g/mol. The molecule has 5 heteroatoms. The van der Waals surface area contributed by atoms with Gasteiger partial charge in [-0.15, -0.1) is 0 Å². The predicted octanol–water partition coefficient (Wildman–Crippen LogP) is 1.99. The van der Waals surface area contributed by atoms with Crippen molar-refractivity contribution >= 4 is 6.03 Å². The van der Waals surface area contributed by atoms with Crippen molar-refractivity contribution in [3.05, 3.63) is 35.9 Å². The van der Waals surface area contributed by atoms with E-state index in [2.05, 4.69) is 15.5 Å². The molecule has 23 heavy (non-hydrogen) atoms. The molecule has 2 N–H and O–H groups in total. The molecule has 0 aromatic heterocycles. The summed E-state index contributed by atoms with van der Waals surface area (Å²) >= 11 is 0. The number of rotatable bonds is 5. The van der Waals surface area contributed by atoms with Crippen LogP contribution in [0.25, 0.3) is 0 Å². The molecule has 2 aliphatic heterocycles. The van der Waals surface area contributed by atoms with E-state index in [4.69, 9.17) is 4.74 Å². The van der Waals surface area contributed by atoms with Gasteiger partial charge in [0.2, 0.25) is 0 Å². The standard InChI is InChI=1S/C18H27N3O2/c22-18(19-12-15-4-2-1-3-5-15)20-13-16-6-9-21(10-7-16)17-8-11-23-14-17/h1-5,16-17H,6-14H2,(H2,19,20,22)/t17-/m1/s1. The molecule has 3 rings (SSSR count). The van der Waals surface area contributed by atoms with E-state index in [9.17, 15) is 4.79 Å². The van der Waals surface area contributed by atoms with E-state index in [1.165, 1.54) is 6.42 Å². The van der Waals surface area contributed by atoms with Crippen molar-refractivity contribution in [1.82, 2.24) is 15.5 Å². The summed E-state index contributed by atoms with van der Waals surface area (Å²) in [7, 11) is 0. The van der Waals surface area contributed by atoms with Crippen LogP contribution in [0.3, 0.4) is 0 Å². The Morgan fingerprint density at radius 2 is 1.91 bits per heavy atom. The predicted molar refractivity (Wildman–Crippen MR) is 90.2 cm³/mol. The lowest BCUT2D eigenvalue weighted by Crippen LogP contribution is -2.45. The highest BCUT2D eigenvalue weighted by molar-refractivity contribution is 5.73. The van der Waals surface area contributed by atoms with Gasteiger partial charge in [-0.1, -0.05) is 30.3 Å². The monoisotopic (exact) mass is 317 g/mol. The van der Waals surface area contributed by atoms with Gasteiger partial charge in [-0.2, -0.15) is 0 Å². The third-order valence-corrected chi connectivity index (χ3v) is 4.92. The molecule has 1 atom stereocenters. The van der Waals surface area contributed by atoms with Crippen molar-refractivity contribution in [2.75, 3.05) is 32.8 Å². The summed E-state index contributed by atoms with van der Waals surface area (Å²) in [6, 6.07) is 10.5. The molecule has 2 saturated heterocycles. The van der Waals surface area contributed by atoms with E-state index in [1.54, 1.807) is 0 Å². The van der Waals surface area contributed by atoms with E-state index < -0.39 is 0 Å². The summed E-state index contributed by atoms with van der Waals surface area (Å²) in [4.78, 5) is 14.4. The summed E-state index contributed by atoms with van der Waals surface area (Å²) in [6.45, 7) is 5.42. The molecule has 0 aliphatic carbocycles. The second-order valence-corrected chi connectivity index (χ2v) is 6.55. The maximum Gasteiger partial charge on any atom is 0.315 e. The van der Waals surface area contributed by atoms with Gasteiger partial charge in [0.25, 0.3) is 0 Å². The largest absolute Gasteiger partial charge is 0.380 e. The van der Waals surface area contributed by atoms with Crippen molar-refractivity contribution in [2.24, 2.45) is 5.92 Å². The second-order valence-electron chi connectivity index (χ2n) is 6.55. The summed E-state index contributed by atoms with van der Waals surface area (Å²) in [5.41, 5.74) is 1.12. The zero-order valence-corrected chi connectivity index (χ0v) is 13.7. The highest BCUT2D eigenvalue weighted by Gasteiger charge is 2.27. The van der Waals surface area contributed by atoms with Gasteiger partial charge < -0.3 is 15.4 Å². The lowest BCUT2D eigenvalue weighted by Gasteiger charge is -2.35. The number of carbonyl (C=O) groups excluding carboxylic acids is 1. The maximum absolute atomic E-state index is 11.9. The molecular formula is C18H27N3O2. The summed E-state index contributed by atoms with van der Waals surface area (Å²) in [5, 5.41) is 5.93. The molecule has 126 valence electrons. The number of hydrogen-bond acceptors (Lipinski definition) is 3. The van der Waals surface area contributed by atoms with Crippen molar-refractivity contribution in [2.45, 2.75) is 31.8 Å². The third kappa shape index (κ3) is 4.94. The van der Waals surface area contributed by atoms with Crippen LogP contribution in [-0.2, 0) is 11.3 Å². The highest BCUT2D eigenvalue weighted by Crippen LogP contribution is 2.21. The first kappa shape index (κ1) is 16.3. The Morgan fingerprint density at radius 1 is 1.13 bits per heavy atom. The molecule has 0 saturated carbocycles. The zero-order valence-electron chi connectivity index (χ0n) is 13.7. The fourth-order valence-corrected chi connectivity index (χ4v) is 3.41. The van der Waals surface area contributed by atoms with Gasteiger partial charge in [0.1, 0.15) is 0 Å². The molecule has 1 aromatic carbocycles. The minimum Gasteiger partial charge on any atom is -0.380 e. The minimum atomic E-state index is -0.0690. The number of benzene rings is 1. The number of hydrogen-bond donors (Lipinski definition) is 2. The lowest BCUT2D eigenvalue weighted by atomic mass is 9.95. The van der Waals surface area contributed by atoms with Gasteiger partial charge in [-0.25, -0.2) is 4.79 Å². The molecule has 2 aliphatic rings. The van der Waals surface area contributed by atoms with Gasteiger partial charge in [0.05, 0.1) is 6.61 Å². The van der Waals surface area contributed by atoms with Crippen LogP contribution >= 0.6 is 0 Å². The van der Waals surface area contributed by atoms with Crippen molar-refractivity contribution in [3.8, 4) is 0 Å². The van der Waals surface area contributed by atoms with E-state index in [0.717, 1.165) is 51.3 Å². The Hall–Kier alpha value is -1.59. The topological polar surface area (TPSA) is 53.6 Å². The van der Waals surface area contributed by atoms with E-state index in [-0.39, 0.29) is 6.03 Å². The molecule has 0 unspecified atom stereocenters. The average Bonchev–Trinajstić information content (AvgIpc) is 3.14. The highest BCUT2D eigenvalue weighted by atomic mass is 16.5. The minimum absolute atomic E-state index is 0.0690. The van der Waals surface area contributed by atoms with Gasteiger partial charge in [-0.3, -0.25) is 4.90 Å². The fourth-order valence-electron chi connectivity index (χ4n) is 3.41. The zero-order chi connectivity index (χ0) is 15.9. The number of piperidine rings is 1. The second kappa shape index (κ2) is 8.31. The molecule has 0 bridgehead atoms. The van der Waals surface area contributed by atoms with Gasteiger partial charge >= 0.3 is 6.03 Å². The molecule has 0 spiro atoms. The first-order valence-corrected chi connectivity index (χ1v) is 8.68. The number of likely N-dealkylation sites (tertiary alicyclic amines) is 1. The Balaban J connectivity index is 1.31. The van der Waals surface area contributed by atoms with Crippen LogP contribution in [0.1, 0.15) is 24.8 Å². The van der Waals surface area contributed by atoms with Gasteiger partial charge in [-0.05, 0) is 43.8 Å². The summed E-state index contributed by atoms with van der Waals surface area (Å²) in [5.74, 6) is 0.594. The average molecular weight is 317 g/mol. The number of amides is 2. The SMILES string of the molecule is O=C(NCc1ccccc1)NCC1CCN([C@@H]2CCOC2)CC1. The number of nitrogens with zero attached hydrogens (tertiary/aromatic N) is 1. The molecule has 2 amide bonds. The van der Waals surface area contributed by atoms with Crippen molar-refractivity contribution in [3.63, 3.8) is 0 Å². The smallest absolute Gasteiger partial charge is 0.315 e.